The topological polar surface area (TPSA) is 81.9 Å². The fourth-order valence-corrected chi connectivity index (χ4v) is 4.13. The summed E-state index contributed by atoms with van der Waals surface area (Å²) < 4.78 is 37.3. The largest absolute Gasteiger partial charge is 0.398 e. The van der Waals surface area contributed by atoms with E-state index in [-0.39, 0.29) is 30.2 Å². The molecule has 1 aromatic carbocycles. The SMILES string of the molecule is COC1CN(S(=O)(=O)c2cccc(N)c2C)CC1OC. The van der Waals surface area contributed by atoms with Crippen LogP contribution in [-0.2, 0) is 19.5 Å². The van der Waals surface area contributed by atoms with Crippen molar-refractivity contribution in [1.82, 2.24) is 4.31 Å². The third-order valence-corrected chi connectivity index (χ3v) is 5.71. The normalized spacial score (nSPS) is 24.1. The van der Waals surface area contributed by atoms with Gasteiger partial charge in [-0.25, -0.2) is 8.42 Å². The number of benzene rings is 1. The van der Waals surface area contributed by atoms with Crippen molar-refractivity contribution in [1.29, 1.82) is 0 Å². The molecular weight excluding hydrogens is 280 g/mol. The molecule has 2 unspecified atom stereocenters. The van der Waals surface area contributed by atoms with Crippen molar-refractivity contribution < 1.29 is 17.9 Å². The van der Waals surface area contributed by atoms with Crippen LogP contribution in [0.1, 0.15) is 5.56 Å². The van der Waals surface area contributed by atoms with E-state index in [9.17, 15) is 8.42 Å². The Hall–Kier alpha value is -1.15. The molecule has 1 fully saturated rings. The summed E-state index contributed by atoms with van der Waals surface area (Å²) >= 11 is 0. The Morgan fingerprint density at radius 1 is 1.20 bits per heavy atom. The van der Waals surface area contributed by atoms with Gasteiger partial charge in [-0.3, -0.25) is 0 Å². The van der Waals surface area contributed by atoms with Crippen molar-refractivity contribution in [3.05, 3.63) is 23.8 Å². The van der Waals surface area contributed by atoms with E-state index in [2.05, 4.69) is 0 Å². The fourth-order valence-electron chi connectivity index (χ4n) is 2.41. The molecule has 1 saturated heterocycles. The summed E-state index contributed by atoms with van der Waals surface area (Å²) in [5.74, 6) is 0. The molecule has 0 saturated carbocycles. The molecule has 1 aromatic rings. The predicted octanol–water partition coefficient (Wildman–Crippen LogP) is 0.612. The van der Waals surface area contributed by atoms with E-state index in [4.69, 9.17) is 15.2 Å². The van der Waals surface area contributed by atoms with Crippen LogP contribution < -0.4 is 5.73 Å². The molecular formula is C13H20N2O4S. The molecule has 6 nitrogen and oxygen atoms in total. The molecule has 2 rings (SSSR count). The zero-order chi connectivity index (χ0) is 14.9. The van der Waals surface area contributed by atoms with E-state index in [0.717, 1.165) is 0 Å². The van der Waals surface area contributed by atoms with Crippen LogP contribution in [0.3, 0.4) is 0 Å². The molecule has 2 atom stereocenters. The molecule has 1 aliphatic rings. The number of nitrogen functional groups attached to an aromatic ring is 1. The summed E-state index contributed by atoms with van der Waals surface area (Å²) in [4.78, 5) is 0.240. The van der Waals surface area contributed by atoms with Gasteiger partial charge in [-0.2, -0.15) is 4.31 Å². The smallest absolute Gasteiger partial charge is 0.243 e. The van der Waals surface area contributed by atoms with E-state index in [0.29, 0.717) is 11.3 Å². The monoisotopic (exact) mass is 300 g/mol. The average Bonchev–Trinajstić information content (AvgIpc) is 2.85. The first-order valence-electron chi connectivity index (χ1n) is 6.32. The van der Waals surface area contributed by atoms with Gasteiger partial charge in [0.1, 0.15) is 0 Å². The Balaban J connectivity index is 2.35. The summed E-state index contributed by atoms with van der Waals surface area (Å²) in [6, 6.07) is 4.91. The molecule has 0 aliphatic carbocycles. The Labute approximate surface area is 119 Å². The molecule has 20 heavy (non-hydrogen) atoms. The standard InChI is InChI=1S/C13H20N2O4S/c1-9-10(14)5-4-6-13(9)20(16,17)15-7-11(18-2)12(8-15)19-3/h4-6,11-12H,7-8,14H2,1-3H3. The zero-order valence-electron chi connectivity index (χ0n) is 11.9. The van der Waals surface area contributed by atoms with Crippen LogP contribution in [0.2, 0.25) is 0 Å². The van der Waals surface area contributed by atoms with E-state index in [1.807, 2.05) is 0 Å². The summed E-state index contributed by atoms with van der Waals surface area (Å²) in [6.07, 6.45) is -0.507. The quantitative estimate of drug-likeness (QED) is 0.824. The Morgan fingerprint density at radius 2 is 1.75 bits per heavy atom. The average molecular weight is 300 g/mol. The molecule has 1 heterocycles. The maximum Gasteiger partial charge on any atom is 0.243 e. The van der Waals surface area contributed by atoms with Crippen LogP contribution in [0, 0.1) is 6.92 Å². The van der Waals surface area contributed by atoms with Crippen LogP contribution >= 0.6 is 0 Å². The molecule has 1 aliphatic heterocycles. The number of sulfonamides is 1. The van der Waals surface area contributed by atoms with Gasteiger partial charge in [0.15, 0.2) is 0 Å². The van der Waals surface area contributed by atoms with Crippen molar-refractivity contribution in [3.63, 3.8) is 0 Å². The predicted molar refractivity (Wildman–Crippen MR) is 75.9 cm³/mol. The lowest BCUT2D eigenvalue weighted by Crippen LogP contribution is -2.30. The van der Waals surface area contributed by atoms with Crippen molar-refractivity contribution >= 4 is 15.7 Å². The molecule has 0 amide bonds. The van der Waals surface area contributed by atoms with E-state index in [1.54, 1.807) is 39.3 Å². The van der Waals surface area contributed by atoms with Crippen molar-refractivity contribution in [2.45, 2.75) is 24.0 Å². The van der Waals surface area contributed by atoms with Crippen molar-refractivity contribution in [2.24, 2.45) is 0 Å². The van der Waals surface area contributed by atoms with Crippen LogP contribution in [-0.4, -0.2) is 52.2 Å². The number of hydrogen-bond acceptors (Lipinski definition) is 5. The van der Waals surface area contributed by atoms with Crippen molar-refractivity contribution in [2.75, 3.05) is 33.0 Å². The first kappa shape index (κ1) is 15.2. The molecule has 2 N–H and O–H groups in total. The molecule has 7 heteroatoms. The molecule has 112 valence electrons. The second kappa shape index (κ2) is 5.69. The van der Waals surface area contributed by atoms with Crippen LogP contribution in [0.4, 0.5) is 5.69 Å². The van der Waals surface area contributed by atoms with Gasteiger partial charge in [0.2, 0.25) is 10.0 Å². The highest BCUT2D eigenvalue weighted by atomic mass is 32.2. The minimum atomic E-state index is -3.58. The number of nitrogens with two attached hydrogens (primary N) is 1. The highest BCUT2D eigenvalue weighted by Crippen LogP contribution is 2.27. The lowest BCUT2D eigenvalue weighted by Gasteiger charge is -2.18. The van der Waals surface area contributed by atoms with Gasteiger partial charge < -0.3 is 15.2 Å². The zero-order valence-corrected chi connectivity index (χ0v) is 12.7. The van der Waals surface area contributed by atoms with Gasteiger partial charge in [0, 0.05) is 33.0 Å². The molecule has 0 radical (unpaired) electrons. The van der Waals surface area contributed by atoms with Crippen LogP contribution in [0.5, 0.6) is 0 Å². The lowest BCUT2D eigenvalue weighted by molar-refractivity contribution is -0.00461. The van der Waals surface area contributed by atoms with E-state index >= 15 is 0 Å². The number of nitrogens with zero attached hydrogens (tertiary/aromatic N) is 1. The lowest BCUT2D eigenvalue weighted by atomic mass is 10.2. The van der Waals surface area contributed by atoms with Crippen LogP contribution in [0.25, 0.3) is 0 Å². The van der Waals surface area contributed by atoms with E-state index < -0.39 is 10.0 Å². The fraction of sp³-hybridized carbons (Fsp3) is 0.538. The van der Waals surface area contributed by atoms with Gasteiger partial charge in [-0.05, 0) is 24.6 Å². The number of hydrogen-bond donors (Lipinski definition) is 1. The third kappa shape index (κ3) is 2.54. The third-order valence-electron chi connectivity index (χ3n) is 3.73. The summed E-state index contributed by atoms with van der Waals surface area (Å²) in [5, 5.41) is 0. The summed E-state index contributed by atoms with van der Waals surface area (Å²) in [5.41, 5.74) is 6.83. The number of methoxy groups -OCH3 is 2. The van der Waals surface area contributed by atoms with Gasteiger partial charge >= 0.3 is 0 Å². The maximum atomic E-state index is 12.7. The minimum Gasteiger partial charge on any atom is -0.398 e. The molecule has 0 bridgehead atoms. The highest BCUT2D eigenvalue weighted by Gasteiger charge is 2.40. The summed E-state index contributed by atoms with van der Waals surface area (Å²) in [6.45, 7) is 2.27. The first-order chi connectivity index (χ1) is 9.41. The second-order valence-corrected chi connectivity index (χ2v) is 6.75. The Kier molecular flexibility index (Phi) is 4.33. The number of anilines is 1. The van der Waals surface area contributed by atoms with Gasteiger partial charge in [0.05, 0.1) is 17.1 Å². The minimum absolute atomic E-state index is 0.240. The Morgan fingerprint density at radius 3 is 2.25 bits per heavy atom. The van der Waals surface area contributed by atoms with Crippen molar-refractivity contribution in [3.8, 4) is 0 Å². The maximum absolute atomic E-state index is 12.7. The van der Waals surface area contributed by atoms with Gasteiger partial charge in [0.25, 0.3) is 0 Å². The van der Waals surface area contributed by atoms with Crippen LogP contribution in [0.15, 0.2) is 23.1 Å². The molecule has 0 aromatic heterocycles. The van der Waals surface area contributed by atoms with Gasteiger partial charge in [-0.15, -0.1) is 0 Å². The number of rotatable bonds is 4. The summed E-state index contributed by atoms with van der Waals surface area (Å²) in [7, 11) is -0.476. The second-order valence-electron chi connectivity index (χ2n) is 4.84. The number of ether oxygens (including phenoxy) is 2. The highest BCUT2D eigenvalue weighted by molar-refractivity contribution is 7.89. The first-order valence-corrected chi connectivity index (χ1v) is 7.76. The molecule has 0 spiro atoms. The van der Waals surface area contributed by atoms with Gasteiger partial charge in [-0.1, -0.05) is 6.07 Å². The Bertz CT molecular complexity index is 576. The van der Waals surface area contributed by atoms with E-state index in [1.165, 1.54) is 4.31 Å².